The SMILES string of the molecule is CN1CCc2nc3ccc(Br)cc3c(CO)c2C1. The number of aliphatic hydroxyl groups is 1. The van der Waals surface area contributed by atoms with Crippen molar-refractivity contribution in [2.75, 3.05) is 13.6 Å². The van der Waals surface area contributed by atoms with Crippen LogP contribution in [0.5, 0.6) is 0 Å². The summed E-state index contributed by atoms with van der Waals surface area (Å²) in [6.45, 7) is 1.99. The largest absolute Gasteiger partial charge is 0.392 e. The molecule has 0 amide bonds. The van der Waals surface area contributed by atoms with E-state index in [-0.39, 0.29) is 6.61 Å². The summed E-state index contributed by atoms with van der Waals surface area (Å²) in [6, 6.07) is 6.05. The molecule has 0 fully saturated rings. The fourth-order valence-electron chi connectivity index (χ4n) is 2.62. The second-order valence-corrected chi connectivity index (χ2v) is 5.74. The van der Waals surface area contributed by atoms with Crippen molar-refractivity contribution in [1.82, 2.24) is 9.88 Å². The van der Waals surface area contributed by atoms with Crippen molar-refractivity contribution in [1.29, 1.82) is 0 Å². The van der Waals surface area contributed by atoms with Gasteiger partial charge < -0.3 is 10.0 Å². The van der Waals surface area contributed by atoms with Crippen molar-refractivity contribution in [3.05, 3.63) is 39.5 Å². The van der Waals surface area contributed by atoms with Crippen molar-refractivity contribution in [3.8, 4) is 0 Å². The number of hydrogen-bond acceptors (Lipinski definition) is 3. The van der Waals surface area contributed by atoms with E-state index in [4.69, 9.17) is 4.98 Å². The minimum Gasteiger partial charge on any atom is -0.392 e. The van der Waals surface area contributed by atoms with Crippen LogP contribution in [-0.4, -0.2) is 28.6 Å². The maximum atomic E-state index is 9.71. The molecule has 2 heterocycles. The van der Waals surface area contributed by atoms with Gasteiger partial charge in [-0.05, 0) is 36.4 Å². The van der Waals surface area contributed by atoms with Gasteiger partial charge in [-0.25, -0.2) is 0 Å². The molecule has 3 nitrogen and oxygen atoms in total. The van der Waals surface area contributed by atoms with Gasteiger partial charge in [0.15, 0.2) is 0 Å². The van der Waals surface area contributed by atoms with E-state index >= 15 is 0 Å². The lowest BCUT2D eigenvalue weighted by molar-refractivity contribution is 0.271. The van der Waals surface area contributed by atoms with E-state index in [2.05, 4.69) is 27.9 Å². The number of aliphatic hydroxyl groups excluding tert-OH is 1. The van der Waals surface area contributed by atoms with Crippen LogP contribution >= 0.6 is 15.9 Å². The van der Waals surface area contributed by atoms with Crippen LogP contribution in [0.2, 0.25) is 0 Å². The number of halogens is 1. The third-order valence-corrected chi connectivity index (χ3v) is 4.06. The number of benzene rings is 1. The third-order valence-electron chi connectivity index (χ3n) is 3.57. The Balaban J connectivity index is 2.31. The highest BCUT2D eigenvalue weighted by Crippen LogP contribution is 2.29. The predicted octanol–water partition coefficient (Wildman–Crippen LogP) is 2.48. The summed E-state index contributed by atoms with van der Waals surface area (Å²) in [5.74, 6) is 0. The second kappa shape index (κ2) is 4.61. The molecule has 0 aliphatic carbocycles. The van der Waals surface area contributed by atoms with Gasteiger partial charge >= 0.3 is 0 Å². The standard InChI is InChI=1S/C14H15BrN2O/c1-17-5-4-14-11(7-17)12(8-18)10-6-9(15)2-3-13(10)16-14/h2-3,6,18H,4-5,7-8H2,1H3. The second-order valence-electron chi connectivity index (χ2n) is 4.82. The quantitative estimate of drug-likeness (QED) is 0.879. The van der Waals surface area contributed by atoms with Gasteiger partial charge in [0.05, 0.1) is 12.1 Å². The average Bonchev–Trinajstić information content (AvgIpc) is 2.36. The number of nitrogens with zero attached hydrogens (tertiary/aromatic N) is 2. The fourth-order valence-corrected chi connectivity index (χ4v) is 2.98. The average molecular weight is 307 g/mol. The van der Waals surface area contributed by atoms with Gasteiger partial charge in [0, 0.05) is 35.1 Å². The number of pyridine rings is 1. The Kier molecular flexibility index (Phi) is 3.09. The van der Waals surface area contributed by atoms with Gasteiger partial charge in [-0.15, -0.1) is 0 Å². The van der Waals surface area contributed by atoms with E-state index in [0.717, 1.165) is 46.1 Å². The summed E-state index contributed by atoms with van der Waals surface area (Å²) < 4.78 is 1.02. The minimum absolute atomic E-state index is 0.0750. The minimum atomic E-state index is 0.0750. The van der Waals surface area contributed by atoms with Crippen LogP contribution in [0.15, 0.2) is 22.7 Å². The van der Waals surface area contributed by atoms with Crippen LogP contribution in [0.1, 0.15) is 16.8 Å². The highest BCUT2D eigenvalue weighted by atomic mass is 79.9. The first-order valence-corrected chi connectivity index (χ1v) is 6.87. The molecule has 0 atom stereocenters. The van der Waals surface area contributed by atoms with E-state index in [1.807, 2.05) is 18.2 Å². The Labute approximate surface area is 115 Å². The van der Waals surface area contributed by atoms with Crippen molar-refractivity contribution in [3.63, 3.8) is 0 Å². The van der Waals surface area contributed by atoms with Crippen molar-refractivity contribution in [2.45, 2.75) is 19.6 Å². The topological polar surface area (TPSA) is 36.4 Å². The molecule has 1 aromatic heterocycles. The number of hydrogen-bond donors (Lipinski definition) is 1. The van der Waals surface area contributed by atoms with Crippen LogP contribution in [0.4, 0.5) is 0 Å². The van der Waals surface area contributed by atoms with Gasteiger partial charge in [-0.2, -0.15) is 0 Å². The predicted molar refractivity (Wildman–Crippen MR) is 75.4 cm³/mol. The summed E-state index contributed by atoms with van der Waals surface area (Å²) in [5.41, 5.74) is 4.36. The molecular weight excluding hydrogens is 292 g/mol. The van der Waals surface area contributed by atoms with E-state index in [9.17, 15) is 5.11 Å². The van der Waals surface area contributed by atoms with Crippen LogP contribution in [0, 0.1) is 0 Å². The van der Waals surface area contributed by atoms with Crippen LogP contribution in [0.25, 0.3) is 10.9 Å². The molecule has 0 radical (unpaired) electrons. The van der Waals surface area contributed by atoms with Gasteiger partial charge in [0.2, 0.25) is 0 Å². The van der Waals surface area contributed by atoms with E-state index in [1.54, 1.807) is 0 Å². The molecular formula is C14H15BrN2O. The Morgan fingerprint density at radius 1 is 1.44 bits per heavy atom. The number of rotatable bonds is 1. The Bertz CT molecular complexity index is 612. The van der Waals surface area contributed by atoms with Crippen LogP contribution < -0.4 is 0 Å². The summed E-state index contributed by atoms with van der Waals surface area (Å²) in [4.78, 5) is 7.01. The number of likely N-dealkylation sites (N-methyl/N-ethyl adjacent to an activating group) is 1. The molecule has 0 saturated carbocycles. The summed E-state index contributed by atoms with van der Waals surface area (Å²) in [6.07, 6.45) is 0.963. The molecule has 4 heteroatoms. The number of fused-ring (bicyclic) bond motifs is 2. The molecule has 0 saturated heterocycles. The normalized spacial score (nSPS) is 15.9. The molecule has 1 aliphatic rings. The first-order chi connectivity index (χ1) is 8.69. The van der Waals surface area contributed by atoms with Gasteiger partial charge in [-0.3, -0.25) is 4.98 Å². The lowest BCUT2D eigenvalue weighted by atomic mass is 9.96. The third kappa shape index (κ3) is 1.94. The fraction of sp³-hybridized carbons (Fsp3) is 0.357. The van der Waals surface area contributed by atoms with Crippen molar-refractivity contribution < 1.29 is 5.11 Å². The molecule has 1 aliphatic heterocycles. The highest BCUT2D eigenvalue weighted by molar-refractivity contribution is 9.10. The molecule has 0 bridgehead atoms. The van der Waals surface area contributed by atoms with E-state index in [1.165, 1.54) is 5.56 Å². The van der Waals surface area contributed by atoms with E-state index in [0.29, 0.717) is 0 Å². The van der Waals surface area contributed by atoms with Gasteiger partial charge in [0.25, 0.3) is 0 Å². The first-order valence-electron chi connectivity index (χ1n) is 6.08. The highest BCUT2D eigenvalue weighted by Gasteiger charge is 2.20. The zero-order chi connectivity index (χ0) is 12.7. The zero-order valence-electron chi connectivity index (χ0n) is 10.3. The van der Waals surface area contributed by atoms with Gasteiger partial charge in [0.1, 0.15) is 0 Å². The maximum absolute atomic E-state index is 9.71. The van der Waals surface area contributed by atoms with Crippen LogP contribution in [-0.2, 0) is 19.6 Å². The Morgan fingerprint density at radius 2 is 2.28 bits per heavy atom. The Hall–Kier alpha value is -0.970. The smallest absolute Gasteiger partial charge is 0.0709 e. The summed E-state index contributed by atoms with van der Waals surface area (Å²) in [5, 5.41) is 10.8. The molecule has 3 rings (SSSR count). The Morgan fingerprint density at radius 3 is 3.06 bits per heavy atom. The first kappa shape index (κ1) is 12.1. The molecule has 0 spiro atoms. The van der Waals surface area contributed by atoms with Crippen LogP contribution in [0.3, 0.4) is 0 Å². The monoisotopic (exact) mass is 306 g/mol. The van der Waals surface area contributed by atoms with Crippen molar-refractivity contribution >= 4 is 26.8 Å². The molecule has 1 N–H and O–H groups in total. The molecule has 0 unspecified atom stereocenters. The van der Waals surface area contributed by atoms with E-state index < -0.39 is 0 Å². The molecule has 2 aromatic rings. The molecule has 18 heavy (non-hydrogen) atoms. The molecule has 94 valence electrons. The van der Waals surface area contributed by atoms with Crippen molar-refractivity contribution in [2.24, 2.45) is 0 Å². The summed E-state index contributed by atoms with van der Waals surface area (Å²) in [7, 11) is 2.11. The molecule has 1 aromatic carbocycles. The number of aromatic nitrogens is 1. The maximum Gasteiger partial charge on any atom is 0.0709 e. The lowest BCUT2D eigenvalue weighted by Crippen LogP contribution is -2.28. The summed E-state index contributed by atoms with van der Waals surface area (Å²) >= 11 is 3.48. The zero-order valence-corrected chi connectivity index (χ0v) is 11.9. The van der Waals surface area contributed by atoms with Gasteiger partial charge in [-0.1, -0.05) is 15.9 Å². The lowest BCUT2D eigenvalue weighted by Gasteiger charge is -2.26.